The first kappa shape index (κ1) is 14.4. The van der Waals surface area contributed by atoms with E-state index in [2.05, 4.69) is 5.32 Å². The maximum absolute atomic E-state index is 12.3. The first-order chi connectivity index (χ1) is 8.83. The molecule has 4 nitrogen and oxygen atoms in total. The van der Waals surface area contributed by atoms with E-state index in [1.54, 1.807) is 0 Å². The van der Waals surface area contributed by atoms with E-state index in [1.165, 1.54) is 12.1 Å². The van der Waals surface area contributed by atoms with Crippen molar-refractivity contribution in [2.45, 2.75) is 31.9 Å². The molecule has 0 aromatic heterocycles. The summed E-state index contributed by atoms with van der Waals surface area (Å²) in [5.74, 6) is -0.293. The second kappa shape index (κ2) is 5.19. The molecule has 1 saturated heterocycles. The van der Waals surface area contributed by atoms with Gasteiger partial charge in [0.15, 0.2) is 0 Å². The highest BCUT2D eigenvalue weighted by Crippen LogP contribution is 2.30. The van der Waals surface area contributed by atoms with Gasteiger partial charge in [-0.1, -0.05) is 23.2 Å². The minimum atomic E-state index is -0.405. The van der Waals surface area contributed by atoms with Crippen molar-refractivity contribution >= 4 is 34.8 Å². The maximum atomic E-state index is 12.3. The van der Waals surface area contributed by atoms with Gasteiger partial charge in [0.1, 0.15) is 0 Å². The fourth-order valence-electron chi connectivity index (χ4n) is 2.10. The van der Waals surface area contributed by atoms with Gasteiger partial charge >= 0.3 is 0 Å². The van der Waals surface area contributed by atoms with Gasteiger partial charge in [0.25, 0.3) is 5.91 Å². The summed E-state index contributed by atoms with van der Waals surface area (Å²) < 4.78 is 5.48. The molecule has 104 valence electrons. The van der Waals surface area contributed by atoms with E-state index in [1.807, 2.05) is 13.8 Å². The van der Waals surface area contributed by atoms with Gasteiger partial charge in [-0.2, -0.15) is 0 Å². The highest BCUT2D eigenvalue weighted by atomic mass is 35.5. The average molecular weight is 303 g/mol. The average Bonchev–Trinajstić information content (AvgIpc) is 2.64. The third-order valence-electron chi connectivity index (χ3n) is 3.58. The van der Waals surface area contributed by atoms with Crippen molar-refractivity contribution in [1.29, 1.82) is 0 Å². The minimum Gasteiger partial charge on any atom is -0.399 e. The molecule has 2 unspecified atom stereocenters. The largest absolute Gasteiger partial charge is 0.399 e. The van der Waals surface area contributed by atoms with Gasteiger partial charge < -0.3 is 15.8 Å². The Morgan fingerprint density at radius 3 is 2.79 bits per heavy atom. The fraction of sp³-hybridized carbons (Fsp3) is 0.462. The number of ether oxygens (including phenoxy) is 1. The molecule has 1 aromatic carbocycles. The normalized spacial score (nSPS) is 26.4. The van der Waals surface area contributed by atoms with Gasteiger partial charge in [-0.15, -0.1) is 0 Å². The molecule has 6 heteroatoms. The second-order valence-electron chi connectivity index (χ2n) is 5.00. The fourth-order valence-corrected chi connectivity index (χ4v) is 2.52. The van der Waals surface area contributed by atoms with E-state index < -0.39 is 5.54 Å². The van der Waals surface area contributed by atoms with E-state index >= 15 is 0 Å². The standard InChI is InChI=1S/C13H16Cl2N2O2/c1-7-13(2,3-4-19-7)17-12(18)9-5-8(16)6-10(14)11(9)15/h5-7H,3-4,16H2,1-2H3,(H,17,18). The molecule has 1 heterocycles. The van der Waals surface area contributed by atoms with Crippen LogP contribution in [0.5, 0.6) is 0 Å². The van der Waals surface area contributed by atoms with Gasteiger partial charge in [-0.3, -0.25) is 4.79 Å². The van der Waals surface area contributed by atoms with Gasteiger partial charge in [0, 0.05) is 12.3 Å². The Morgan fingerprint density at radius 2 is 2.21 bits per heavy atom. The quantitative estimate of drug-likeness (QED) is 0.826. The molecule has 19 heavy (non-hydrogen) atoms. The van der Waals surface area contributed by atoms with Crippen molar-refractivity contribution in [3.63, 3.8) is 0 Å². The molecule has 1 amide bonds. The Bertz CT molecular complexity index is 522. The zero-order chi connectivity index (χ0) is 14.2. The van der Waals surface area contributed by atoms with Crippen LogP contribution in [0.3, 0.4) is 0 Å². The van der Waals surface area contributed by atoms with E-state index in [0.29, 0.717) is 12.3 Å². The molecule has 0 radical (unpaired) electrons. The van der Waals surface area contributed by atoms with Crippen LogP contribution >= 0.6 is 23.2 Å². The second-order valence-corrected chi connectivity index (χ2v) is 5.78. The summed E-state index contributed by atoms with van der Waals surface area (Å²) in [5, 5.41) is 3.44. The minimum absolute atomic E-state index is 0.0493. The number of nitrogens with one attached hydrogen (secondary N) is 1. The lowest BCUT2D eigenvalue weighted by molar-refractivity contribution is 0.0727. The number of anilines is 1. The van der Waals surface area contributed by atoms with Crippen molar-refractivity contribution in [3.05, 3.63) is 27.7 Å². The van der Waals surface area contributed by atoms with Crippen LogP contribution < -0.4 is 11.1 Å². The lowest BCUT2D eigenvalue weighted by atomic mass is 9.94. The number of carbonyl (C=O) groups excluding carboxylic acids is 1. The van der Waals surface area contributed by atoms with Gasteiger partial charge in [-0.25, -0.2) is 0 Å². The molecular formula is C13H16Cl2N2O2. The lowest BCUT2D eigenvalue weighted by Crippen LogP contribution is -2.50. The number of nitrogens with two attached hydrogens (primary N) is 1. The molecule has 0 bridgehead atoms. The van der Waals surface area contributed by atoms with Crippen molar-refractivity contribution in [3.8, 4) is 0 Å². The lowest BCUT2D eigenvalue weighted by Gasteiger charge is -2.29. The highest BCUT2D eigenvalue weighted by molar-refractivity contribution is 6.44. The topological polar surface area (TPSA) is 64.3 Å². The molecule has 3 N–H and O–H groups in total. The Kier molecular flexibility index (Phi) is 3.95. The van der Waals surface area contributed by atoms with E-state index in [0.717, 1.165) is 6.42 Å². The summed E-state index contributed by atoms with van der Waals surface area (Å²) in [6.07, 6.45) is 0.708. The van der Waals surface area contributed by atoms with Crippen molar-refractivity contribution in [2.24, 2.45) is 0 Å². The van der Waals surface area contributed by atoms with E-state index in [9.17, 15) is 4.79 Å². The molecule has 1 fully saturated rings. The molecule has 2 atom stereocenters. The molecule has 1 aliphatic heterocycles. The molecule has 2 rings (SSSR count). The Hall–Kier alpha value is -0.970. The number of amides is 1. The first-order valence-electron chi connectivity index (χ1n) is 6.02. The van der Waals surface area contributed by atoms with Gasteiger partial charge in [0.05, 0.1) is 27.3 Å². The monoisotopic (exact) mass is 302 g/mol. The molecule has 0 saturated carbocycles. The van der Waals surface area contributed by atoms with Crippen LogP contribution in [0.15, 0.2) is 12.1 Å². The first-order valence-corrected chi connectivity index (χ1v) is 6.78. The molecular weight excluding hydrogens is 287 g/mol. The summed E-state index contributed by atoms with van der Waals surface area (Å²) >= 11 is 12.0. The van der Waals surface area contributed by atoms with Crippen LogP contribution in [0.25, 0.3) is 0 Å². The number of hydrogen-bond acceptors (Lipinski definition) is 3. The van der Waals surface area contributed by atoms with E-state index in [-0.39, 0.29) is 27.6 Å². The summed E-state index contributed by atoms with van der Waals surface area (Å²) in [5.41, 5.74) is 5.97. The van der Waals surface area contributed by atoms with Gasteiger partial charge in [-0.05, 0) is 32.4 Å². The number of halogens is 2. The van der Waals surface area contributed by atoms with Crippen LogP contribution in [0.4, 0.5) is 5.69 Å². The highest BCUT2D eigenvalue weighted by Gasteiger charge is 2.38. The van der Waals surface area contributed by atoms with Crippen molar-refractivity contribution < 1.29 is 9.53 Å². The van der Waals surface area contributed by atoms with Crippen LogP contribution in [0.2, 0.25) is 10.0 Å². The molecule has 1 aliphatic rings. The SMILES string of the molecule is CC1OCCC1(C)NC(=O)c1cc(N)cc(Cl)c1Cl. The van der Waals surface area contributed by atoms with Crippen LogP contribution in [-0.2, 0) is 4.74 Å². The van der Waals surface area contributed by atoms with E-state index in [4.69, 9.17) is 33.7 Å². The number of carbonyl (C=O) groups is 1. The predicted molar refractivity (Wildman–Crippen MR) is 76.8 cm³/mol. The number of nitrogen functional groups attached to an aromatic ring is 1. The number of benzene rings is 1. The van der Waals surface area contributed by atoms with Crippen LogP contribution in [-0.4, -0.2) is 24.2 Å². The Labute approximate surface area is 122 Å². The third kappa shape index (κ3) is 2.81. The smallest absolute Gasteiger partial charge is 0.253 e. The van der Waals surface area contributed by atoms with Crippen LogP contribution in [0, 0.1) is 0 Å². The summed E-state index contributed by atoms with van der Waals surface area (Å²) in [6, 6.07) is 3.04. The van der Waals surface area contributed by atoms with Crippen molar-refractivity contribution in [2.75, 3.05) is 12.3 Å². The predicted octanol–water partition coefficient (Wildman–Crippen LogP) is 2.87. The molecule has 0 spiro atoms. The Balaban J connectivity index is 2.26. The third-order valence-corrected chi connectivity index (χ3v) is 4.38. The zero-order valence-corrected chi connectivity index (χ0v) is 12.3. The summed E-state index contributed by atoms with van der Waals surface area (Å²) in [7, 11) is 0. The molecule has 1 aromatic rings. The molecule has 0 aliphatic carbocycles. The van der Waals surface area contributed by atoms with Crippen molar-refractivity contribution in [1.82, 2.24) is 5.32 Å². The number of hydrogen-bond donors (Lipinski definition) is 2. The van der Waals surface area contributed by atoms with Crippen LogP contribution in [0.1, 0.15) is 30.6 Å². The summed E-state index contributed by atoms with van der Waals surface area (Å²) in [6.45, 7) is 4.51. The maximum Gasteiger partial charge on any atom is 0.253 e. The Morgan fingerprint density at radius 1 is 1.53 bits per heavy atom. The zero-order valence-electron chi connectivity index (χ0n) is 10.8. The number of rotatable bonds is 2. The summed E-state index contributed by atoms with van der Waals surface area (Å²) in [4.78, 5) is 12.3. The van der Waals surface area contributed by atoms with Gasteiger partial charge in [0.2, 0.25) is 0 Å².